The second-order valence-electron chi connectivity index (χ2n) is 6.42. The lowest BCUT2D eigenvalue weighted by Gasteiger charge is -2.19. The van der Waals surface area contributed by atoms with Crippen LogP contribution in [0.25, 0.3) is 0 Å². The summed E-state index contributed by atoms with van der Waals surface area (Å²) in [7, 11) is 0. The highest BCUT2D eigenvalue weighted by molar-refractivity contribution is 5.33. The van der Waals surface area contributed by atoms with E-state index in [1.54, 1.807) is 0 Å². The van der Waals surface area contributed by atoms with Crippen LogP contribution in [0.3, 0.4) is 0 Å². The number of hydrogen-bond acceptors (Lipinski definition) is 2. The van der Waals surface area contributed by atoms with Crippen LogP contribution in [-0.4, -0.2) is 12.6 Å². The molecular formula is C16H25NO. The molecule has 18 heavy (non-hydrogen) atoms. The van der Waals surface area contributed by atoms with Gasteiger partial charge in [-0.3, -0.25) is 0 Å². The van der Waals surface area contributed by atoms with Crippen LogP contribution in [0.2, 0.25) is 0 Å². The molecule has 1 aliphatic carbocycles. The van der Waals surface area contributed by atoms with Gasteiger partial charge in [0.15, 0.2) is 0 Å². The SMILES string of the molecule is CC(C)(C)CCOc1ccccc1CNC1CC1. The van der Waals surface area contributed by atoms with Crippen molar-refractivity contribution in [1.82, 2.24) is 5.32 Å². The van der Waals surface area contributed by atoms with Crippen molar-refractivity contribution in [2.45, 2.75) is 52.6 Å². The fourth-order valence-corrected chi connectivity index (χ4v) is 1.80. The molecule has 100 valence electrons. The zero-order valence-electron chi connectivity index (χ0n) is 11.8. The second kappa shape index (κ2) is 5.75. The van der Waals surface area contributed by atoms with E-state index < -0.39 is 0 Å². The van der Waals surface area contributed by atoms with Crippen LogP contribution in [-0.2, 0) is 6.54 Å². The molecule has 1 aromatic carbocycles. The van der Waals surface area contributed by atoms with Crippen LogP contribution in [0.4, 0.5) is 0 Å². The predicted molar refractivity (Wildman–Crippen MR) is 75.9 cm³/mol. The Morgan fingerprint density at radius 1 is 1.22 bits per heavy atom. The molecule has 0 aliphatic heterocycles. The second-order valence-corrected chi connectivity index (χ2v) is 6.42. The average molecular weight is 247 g/mol. The van der Waals surface area contributed by atoms with E-state index >= 15 is 0 Å². The van der Waals surface area contributed by atoms with E-state index in [-0.39, 0.29) is 0 Å². The van der Waals surface area contributed by atoms with Gasteiger partial charge >= 0.3 is 0 Å². The summed E-state index contributed by atoms with van der Waals surface area (Å²) in [5.74, 6) is 1.04. The van der Waals surface area contributed by atoms with Gasteiger partial charge in [0.1, 0.15) is 5.75 Å². The van der Waals surface area contributed by atoms with E-state index in [2.05, 4.69) is 44.3 Å². The molecule has 0 radical (unpaired) electrons. The molecule has 0 saturated heterocycles. The van der Waals surface area contributed by atoms with Crippen LogP contribution in [0.15, 0.2) is 24.3 Å². The standard InChI is InChI=1S/C16H25NO/c1-16(2,3)10-11-18-15-7-5-4-6-13(15)12-17-14-8-9-14/h4-7,14,17H,8-12H2,1-3H3. The molecule has 1 saturated carbocycles. The summed E-state index contributed by atoms with van der Waals surface area (Å²) in [5.41, 5.74) is 1.61. The summed E-state index contributed by atoms with van der Waals surface area (Å²) in [5, 5.41) is 3.54. The fraction of sp³-hybridized carbons (Fsp3) is 0.625. The first-order valence-corrected chi connectivity index (χ1v) is 6.99. The number of benzene rings is 1. The molecule has 1 aromatic rings. The summed E-state index contributed by atoms with van der Waals surface area (Å²) in [6, 6.07) is 9.11. The molecule has 0 spiro atoms. The van der Waals surface area contributed by atoms with E-state index in [9.17, 15) is 0 Å². The van der Waals surface area contributed by atoms with Gasteiger partial charge in [-0.15, -0.1) is 0 Å². The minimum absolute atomic E-state index is 0.335. The molecule has 2 heteroatoms. The first kappa shape index (κ1) is 13.4. The third kappa shape index (κ3) is 4.69. The van der Waals surface area contributed by atoms with Crippen LogP contribution >= 0.6 is 0 Å². The zero-order valence-corrected chi connectivity index (χ0v) is 11.8. The maximum atomic E-state index is 5.93. The largest absolute Gasteiger partial charge is 0.493 e. The lowest BCUT2D eigenvalue weighted by molar-refractivity contribution is 0.241. The van der Waals surface area contributed by atoms with Gasteiger partial charge in [0.05, 0.1) is 6.61 Å². The van der Waals surface area contributed by atoms with Crippen molar-refractivity contribution in [3.8, 4) is 5.75 Å². The Balaban J connectivity index is 1.85. The molecule has 0 heterocycles. The average Bonchev–Trinajstić information content (AvgIpc) is 3.10. The Morgan fingerprint density at radius 3 is 2.61 bits per heavy atom. The van der Waals surface area contributed by atoms with Gasteiger partial charge in [0.25, 0.3) is 0 Å². The number of ether oxygens (including phenoxy) is 1. The Morgan fingerprint density at radius 2 is 1.94 bits per heavy atom. The Hall–Kier alpha value is -1.02. The van der Waals surface area contributed by atoms with Crippen molar-refractivity contribution in [3.05, 3.63) is 29.8 Å². The van der Waals surface area contributed by atoms with Crippen molar-refractivity contribution in [2.24, 2.45) is 5.41 Å². The first-order valence-electron chi connectivity index (χ1n) is 6.99. The lowest BCUT2D eigenvalue weighted by atomic mass is 9.93. The molecule has 0 bridgehead atoms. The van der Waals surface area contributed by atoms with Gasteiger partial charge in [-0.1, -0.05) is 39.0 Å². The molecule has 0 aromatic heterocycles. The van der Waals surface area contributed by atoms with E-state index in [4.69, 9.17) is 4.74 Å². The molecule has 0 atom stereocenters. The Labute approximate surface area is 111 Å². The van der Waals surface area contributed by atoms with E-state index in [1.165, 1.54) is 18.4 Å². The van der Waals surface area contributed by atoms with Crippen LogP contribution in [0.1, 0.15) is 45.6 Å². The topological polar surface area (TPSA) is 21.3 Å². The van der Waals surface area contributed by atoms with Gasteiger partial charge in [-0.25, -0.2) is 0 Å². The van der Waals surface area contributed by atoms with Crippen molar-refractivity contribution in [2.75, 3.05) is 6.61 Å². The maximum Gasteiger partial charge on any atom is 0.123 e. The Kier molecular flexibility index (Phi) is 4.28. The quantitative estimate of drug-likeness (QED) is 0.826. The summed E-state index contributed by atoms with van der Waals surface area (Å²) >= 11 is 0. The van der Waals surface area contributed by atoms with Crippen molar-refractivity contribution in [1.29, 1.82) is 0 Å². The number of hydrogen-bond donors (Lipinski definition) is 1. The highest BCUT2D eigenvalue weighted by Gasteiger charge is 2.20. The molecule has 2 nitrogen and oxygen atoms in total. The highest BCUT2D eigenvalue weighted by atomic mass is 16.5. The molecule has 0 unspecified atom stereocenters. The molecule has 1 fully saturated rings. The molecular weight excluding hydrogens is 222 g/mol. The minimum atomic E-state index is 0.335. The van der Waals surface area contributed by atoms with Crippen molar-refractivity contribution in [3.63, 3.8) is 0 Å². The highest BCUT2D eigenvalue weighted by Crippen LogP contribution is 2.24. The number of rotatable bonds is 6. The van der Waals surface area contributed by atoms with Gasteiger partial charge < -0.3 is 10.1 Å². The third-order valence-electron chi connectivity index (χ3n) is 3.24. The van der Waals surface area contributed by atoms with E-state index in [1.807, 2.05) is 6.07 Å². The van der Waals surface area contributed by atoms with Gasteiger partial charge in [0.2, 0.25) is 0 Å². The van der Waals surface area contributed by atoms with Crippen molar-refractivity contribution >= 4 is 0 Å². The minimum Gasteiger partial charge on any atom is -0.493 e. The molecule has 0 amide bonds. The van der Waals surface area contributed by atoms with E-state index in [0.29, 0.717) is 5.41 Å². The maximum absolute atomic E-state index is 5.93. The van der Waals surface area contributed by atoms with Crippen LogP contribution < -0.4 is 10.1 Å². The molecule has 1 N–H and O–H groups in total. The summed E-state index contributed by atoms with van der Waals surface area (Å²) in [6.07, 6.45) is 3.73. The van der Waals surface area contributed by atoms with Gasteiger partial charge in [-0.05, 0) is 30.7 Å². The third-order valence-corrected chi connectivity index (χ3v) is 3.24. The van der Waals surface area contributed by atoms with Crippen LogP contribution in [0, 0.1) is 5.41 Å². The molecule has 1 aliphatic rings. The summed E-state index contributed by atoms with van der Waals surface area (Å²) in [4.78, 5) is 0. The fourth-order valence-electron chi connectivity index (χ4n) is 1.80. The number of para-hydroxylation sites is 1. The number of nitrogens with one attached hydrogen (secondary N) is 1. The van der Waals surface area contributed by atoms with Gasteiger partial charge in [0, 0.05) is 18.2 Å². The molecule has 2 rings (SSSR count). The van der Waals surface area contributed by atoms with Gasteiger partial charge in [-0.2, -0.15) is 0 Å². The van der Waals surface area contributed by atoms with Crippen LogP contribution in [0.5, 0.6) is 5.75 Å². The summed E-state index contributed by atoms with van der Waals surface area (Å²) in [6.45, 7) is 8.46. The lowest BCUT2D eigenvalue weighted by Crippen LogP contribution is -2.17. The normalized spacial score (nSPS) is 15.7. The van der Waals surface area contributed by atoms with Crippen molar-refractivity contribution < 1.29 is 4.74 Å². The monoisotopic (exact) mass is 247 g/mol. The summed E-state index contributed by atoms with van der Waals surface area (Å²) < 4.78 is 5.93. The predicted octanol–water partition coefficient (Wildman–Crippen LogP) is 3.75. The zero-order chi connectivity index (χ0) is 13.0. The van der Waals surface area contributed by atoms with E-state index in [0.717, 1.165) is 31.4 Å². The smallest absolute Gasteiger partial charge is 0.123 e. The Bertz CT molecular complexity index is 377. The first-order chi connectivity index (χ1) is 8.54.